The van der Waals surface area contributed by atoms with E-state index in [9.17, 15) is 8.42 Å². The van der Waals surface area contributed by atoms with E-state index in [1.807, 2.05) is 0 Å². The highest BCUT2D eigenvalue weighted by atomic mass is 35.5. The summed E-state index contributed by atoms with van der Waals surface area (Å²) in [5.41, 5.74) is 0.887. The first-order valence-corrected chi connectivity index (χ1v) is 5.22. The quantitative estimate of drug-likeness (QED) is 0.591. The summed E-state index contributed by atoms with van der Waals surface area (Å²) >= 11 is 5.26. The van der Waals surface area contributed by atoms with Crippen LogP contribution < -0.4 is 4.84 Å². The van der Waals surface area contributed by atoms with Crippen molar-refractivity contribution >= 4 is 27.6 Å². The van der Waals surface area contributed by atoms with Crippen LogP contribution in [-0.4, -0.2) is 13.0 Å². The summed E-state index contributed by atoms with van der Waals surface area (Å²) in [5.74, 6) is 0. The molecule has 0 spiro atoms. The maximum atomic E-state index is 10.8. The van der Waals surface area contributed by atoms with Crippen LogP contribution in [-0.2, 0) is 10.1 Å². The van der Waals surface area contributed by atoms with Crippen LogP contribution in [0, 0.1) is 6.92 Å². The molecule has 0 saturated carbocycles. The summed E-state index contributed by atoms with van der Waals surface area (Å²) < 4.78 is 30.4. The lowest BCUT2D eigenvalue weighted by molar-refractivity contribution is 0.483. The summed E-state index contributed by atoms with van der Waals surface area (Å²) in [5, 5.41) is 0. The molecule has 0 bridgehead atoms. The molecular formula is C7H8ClNO3S. The molecule has 0 fully saturated rings. The van der Waals surface area contributed by atoms with E-state index in [-0.39, 0.29) is 10.6 Å². The van der Waals surface area contributed by atoms with Gasteiger partial charge in [0.15, 0.2) is 0 Å². The lowest BCUT2D eigenvalue weighted by Crippen LogP contribution is -2.01. The smallest absolute Gasteiger partial charge is 0.296 e. The molecule has 13 heavy (non-hydrogen) atoms. The first-order valence-electron chi connectivity index (χ1n) is 3.40. The summed E-state index contributed by atoms with van der Waals surface area (Å²) in [6.07, 6.45) is 0. The fraction of sp³-hybridized carbons (Fsp3) is 0.143. The van der Waals surface area contributed by atoms with Crippen molar-refractivity contribution in [3.63, 3.8) is 0 Å². The molecule has 0 aliphatic heterocycles. The first-order chi connectivity index (χ1) is 5.95. The van der Waals surface area contributed by atoms with Gasteiger partial charge in [0.1, 0.15) is 4.90 Å². The topological polar surface area (TPSA) is 66.4 Å². The zero-order valence-electron chi connectivity index (χ0n) is 6.78. The molecule has 0 radical (unpaired) electrons. The minimum Gasteiger partial charge on any atom is -0.297 e. The predicted octanol–water partition coefficient (Wildman–Crippen LogP) is 1.81. The van der Waals surface area contributed by atoms with Crippen LogP contribution in [0.3, 0.4) is 0 Å². The Balaban J connectivity index is 3.41. The molecule has 1 rings (SSSR count). The van der Waals surface area contributed by atoms with Gasteiger partial charge in [-0.1, -0.05) is 6.07 Å². The largest absolute Gasteiger partial charge is 0.297 e. The second-order valence-electron chi connectivity index (χ2n) is 2.57. The average Bonchev–Trinajstić information content (AvgIpc) is 2.03. The van der Waals surface area contributed by atoms with Crippen molar-refractivity contribution in [2.24, 2.45) is 0 Å². The standard InChI is InChI=1S/C7H8ClNO3S/c1-5-2-3-6(9-8)7(4-5)13(10,11)12/h2-4,9H,1H3,(H,10,11,12). The molecule has 0 aliphatic rings. The number of benzene rings is 1. The molecule has 0 unspecified atom stereocenters. The molecule has 6 heteroatoms. The van der Waals surface area contributed by atoms with Crippen molar-refractivity contribution in [3.05, 3.63) is 23.8 Å². The third kappa shape index (κ3) is 2.33. The van der Waals surface area contributed by atoms with Gasteiger partial charge in [0.05, 0.1) is 5.69 Å². The Bertz CT molecular complexity index is 416. The van der Waals surface area contributed by atoms with Crippen molar-refractivity contribution in [1.82, 2.24) is 0 Å². The maximum Gasteiger partial charge on any atom is 0.296 e. The van der Waals surface area contributed by atoms with Gasteiger partial charge in [0.25, 0.3) is 10.1 Å². The van der Waals surface area contributed by atoms with E-state index in [0.717, 1.165) is 5.56 Å². The Hall–Kier alpha value is -0.780. The van der Waals surface area contributed by atoms with E-state index < -0.39 is 10.1 Å². The number of hydrogen-bond donors (Lipinski definition) is 2. The van der Waals surface area contributed by atoms with Crippen molar-refractivity contribution in [2.75, 3.05) is 4.84 Å². The summed E-state index contributed by atoms with van der Waals surface area (Å²) in [6, 6.07) is 4.49. The zero-order chi connectivity index (χ0) is 10.1. The Kier molecular flexibility index (Phi) is 2.80. The third-order valence-corrected chi connectivity index (χ3v) is 2.61. The highest BCUT2D eigenvalue weighted by Gasteiger charge is 2.14. The second-order valence-corrected chi connectivity index (χ2v) is 4.15. The van der Waals surface area contributed by atoms with Gasteiger partial charge in [-0.25, -0.2) is 0 Å². The van der Waals surface area contributed by atoms with Gasteiger partial charge in [-0.3, -0.25) is 9.39 Å². The van der Waals surface area contributed by atoms with Gasteiger partial charge in [-0.2, -0.15) is 8.42 Å². The molecular weight excluding hydrogens is 214 g/mol. The lowest BCUT2D eigenvalue weighted by atomic mass is 10.2. The molecule has 0 heterocycles. The second kappa shape index (κ2) is 3.53. The SMILES string of the molecule is Cc1ccc(NCl)c(S(=O)(=O)O)c1. The Morgan fingerprint density at radius 1 is 1.46 bits per heavy atom. The van der Waals surface area contributed by atoms with Crippen molar-refractivity contribution < 1.29 is 13.0 Å². The van der Waals surface area contributed by atoms with Crippen LogP contribution in [0.4, 0.5) is 5.69 Å². The van der Waals surface area contributed by atoms with Crippen LogP contribution in [0.25, 0.3) is 0 Å². The van der Waals surface area contributed by atoms with Crippen LogP contribution >= 0.6 is 11.8 Å². The summed E-state index contributed by atoms with van der Waals surface area (Å²) in [7, 11) is -4.22. The average molecular weight is 222 g/mol. The van der Waals surface area contributed by atoms with Gasteiger partial charge in [-0.15, -0.1) is 0 Å². The Morgan fingerprint density at radius 2 is 2.08 bits per heavy atom. The molecule has 2 N–H and O–H groups in total. The molecule has 0 aromatic heterocycles. The van der Waals surface area contributed by atoms with Gasteiger partial charge in [-0.05, 0) is 24.6 Å². The first kappa shape index (κ1) is 10.3. The van der Waals surface area contributed by atoms with Crippen LogP contribution in [0.2, 0.25) is 0 Å². The van der Waals surface area contributed by atoms with Gasteiger partial charge in [0.2, 0.25) is 0 Å². The number of halogens is 1. The summed E-state index contributed by atoms with van der Waals surface area (Å²) in [6.45, 7) is 1.71. The number of aryl methyl sites for hydroxylation is 1. The Labute approximate surface area is 81.4 Å². The molecule has 0 aliphatic carbocycles. The minimum absolute atomic E-state index is 0.162. The van der Waals surface area contributed by atoms with E-state index in [1.165, 1.54) is 12.1 Å². The molecule has 1 aromatic carbocycles. The highest BCUT2D eigenvalue weighted by molar-refractivity contribution is 7.86. The molecule has 0 atom stereocenters. The highest BCUT2D eigenvalue weighted by Crippen LogP contribution is 2.22. The van der Waals surface area contributed by atoms with E-state index >= 15 is 0 Å². The molecule has 4 nitrogen and oxygen atoms in total. The Morgan fingerprint density at radius 3 is 2.54 bits per heavy atom. The van der Waals surface area contributed by atoms with Crippen molar-refractivity contribution in [2.45, 2.75) is 11.8 Å². The molecule has 0 saturated heterocycles. The molecule has 72 valence electrons. The zero-order valence-corrected chi connectivity index (χ0v) is 8.35. The number of hydrogen-bond acceptors (Lipinski definition) is 3. The normalized spacial score (nSPS) is 11.3. The van der Waals surface area contributed by atoms with E-state index in [2.05, 4.69) is 4.84 Å². The summed E-state index contributed by atoms with van der Waals surface area (Å²) in [4.78, 5) is 1.94. The van der Waals surface area contributed by atoms with Crippen molar-refractivity contribution in [1.29, 1.82) is 0 Å². The van der Waals surface area contributed by atoms with Gasteiger partial charge in [0, 0.05) is 11.8 Å². The van der Waals surface area contributed by atoms with Gasteiger partial charge >= 0.3 is 0 Å². The number of rotatable bonds is 2. The predicted molar refractivity (Wildman–Crippen MR) is 50.5 cm³/mol. The van der Waals surface area contributed by atoms with Crippen LogP contribution in [0.1, 0.15) is 5.56 Å². The maximum absolute atomic E-state index is 10.8. The van der Waals surface area contributed by atoms with E-state index in [4.69, 9.17) is 16.3 Å². The van der Waals surface area contributed by atoms with E-state index in [0.29, 0.717) is 0 Å². The van der Waals surface area contributed by atoms with Crippen LogP contribution in [0.5, 0.6) is 0 Å². The van der Waals surface area contributed by atoms with Crippen LogP contribution in [0.15, 0.2) is 23.1 Å². The lowest BCUT2D eigenvalue weighted by Gasteiger charge is -2.05. The number of nitrogens with one attached hydrogen (secondary N) is 1. The fourth-order valence-corrected chi connectivity index (χ4v) is 1.87. The van der Waals surface area contributed by atoms with Gasteiger partial charge < -0.3 is 0 Å². The van der Waals surface area contributed by atoms with Crippen molar-refractivity contribution in [3.8, 4) is 0 Å². The minimum atomic E-state index is -4.22. The monoisotopic (exact) mass is 221 g/mol. The fourth-order valence-electron chi connectivity index (χ4n) is 0.921. The number of anilines is 1. The molecule has 0 amide bonds. The third-order valence-electron chi connectivity index (χ3n) is 1.52. The molecule has 1 aromatic rings. The van der Waals surface area contributed by atoms with E-state index in [1.54, 1.807) is 13.0 Å².